The van der Waals surface area contributed by atoms with E-state index in [1.165, 1.54) is 102 Å². The minimum Gasteiger partial charge on any atom is -0.377 e. The topological polar surface area (TPSA) is 44.2 Å². The largest absolute Gasteiger partial charge is 0.377 e. The van der Waals surface area contributed by atoms with Gasteiger partial charge < -0.3 is 9.47 Å². The Morgan fingerprint density at radius 2 is 0.886 bits per heavy atom. The van der Waals surface area contributed by atoms with Crippen LogP contribution < -0.4 is 0 Å². The van der Waals surface area contributed by atoms with Crippen molar-refractivity contribution in [3.05, 3.63) is 20.1 Å². The van der Waals surface area contributed by atoms with E-state index in [1.807, 2.05) is 0 Å². The third-order valence-corrected chi connectivity index (χ3v) is 8.81. The van der Waals surface area contributed by atoms with Gasteiger partial charge in [-0.2, -0.15) is 8.75 Å². The quantitative estimate of drug-likeness (QED) is 0.121. The molecule has 0 fully saturated rings. The summed E-state index contributed by atoms with van der Waals surface area (Å²) in [6, 6.07) is 0. The van der Waals surface area contributed by atoms with Crippen molar-refractivity contribution in [2.75, 3.05) is 13.2 Å². The molecule has 1 aromatic heterocycles. The van der Waals surface area contributed by atoms with Crippen LogP contribution in [-0.4, -0.2) is 22.0 Å². The molecule has 0 N–H and O–H groups in total. The van der Waals surface area contributed by atoms with Crippen LogP contribution in [-0.2, 0) is 22.7 Å². The molecule has 200 valence electrons. The van der Waals surface area contributed by atoms with Gasteiger partial charge in [0.2, 0.25) is 0 Å². The van der Waals surface area contributed by atoms with Crippen LogP contribution in [0.25, 0.3) is 11.0 Å². The Morgan fingerprint density at radius 1 is 0.543 bits per heavy atom. The van der Waals surface area contributed by atoms with Gasteiger partial charge in [0.25, 0.3) is 0 Å². The first-order valence-electron chi connectivity index (χ1n) is 14.0. The molecule has 4 nitrogen and oxygen atoms in total. The highest BCUT2D eigenvalue weighted by Crippen LogP contribution is 2.37. The van der Waals surface area contributed by atoms with Gasteiger partial charge in [-0.1, -0.05) is 104 Å². The SMILES string of the molecule is CCCCCCCCCCOCc1c(COCCCCCCCCCC)c(Br)c2nsnc2c1Br. The van der Waals surface area contributed by atoms with Gasteiger partial charge in [0.15, 0.2) is 0 Å². The minimum atomic E-state index is 0.569. The normalized spacial score (nSPS) is 11.7. The number of hydrogen-bond donors (Lipinski definition) is 0. The molecule has 35 heavy (non-hydrogen) atoms. The molecule has 2 rings (SSSR count). The molecule has 0 unspecified atom stereocenters. The molecule has 1 heterocycles. The second-order valence-electron chi connectivity index (χ2n) is 9.60. The molecule has 7 heteroatoms. The lowest BCUT2D eigenvalue weighted by Gasteiger charge is -2.15. The minimum absolute atomic E-state index is 0.569. The summed E-state index contributed by atoms with van der Waals surface area (Å²) < 4.78 is 23.2. The molecule has 0 atom stereocenters. The van der Waals surface area contributed by atoms with Crippen LogP contribution in [0.3, 0.4) is 0 Å². The highest BCUT2D eigenvalue weighted by molar-refractivity contribution is 9.11. The molecule has 0 aliphatic carbocycles. The van der Waals surface area contributed by atoms with Gasteiger partial charge in [-0.15, -0.1) is 0 Å². The van der Waals surface area contributed by atoms with E-state index in [-0.39, 0.29) is 0 Å². The number of benzene rings is 1. The molecule has 0 bridgehead atoms. The Morgan fingerprint density at radius 3 is 1.26 bits per heavy atom. The van der Waals surface area contributed by atoms with Gasteiger partial charge in [0.05, 0.1) is 33.9 Å². The van der Waals surface area contributed by atoms with Crippen LogP contribution in [0.4, 0.5) is 0 Å². The van der Waals surface area contributed by atoms with Gasteiger partial charge in [0.1, 0.15) is 11.0 Å². The lowest BCUT2D eigenvalue weighted by molar-refractivity contribution is 0.103. The lowest BCUT2D eigenvalue weighted by atomic mass is 10.1. The number of rotatable bonds is 22. The summed E-state index contributed by atoms with van der Waals surface area (Å²) >= 11 is 8.82. The van der Waals surface area contributed by atoms with Crippen molar-refractivity contribution in [2.45, 2.75) is 130 Å². The number of fused-ring (bicyclic) bond motifs is 1. The summed E-state index contributed by atoms with van der Waals surface area (Å²) in [6.45, 7) is 7.27. The van der Waals surface area contributed by atoms with Crippen molar-refractivity contribution in [1.29, 1.82) is 0 Å². The molecular formula is C28H46Br2N2O2S. The van der Waals surface area contributed by atoms with Crippen LogP contribution in [0.1, 0.15) is 128 Å². The monoisotopic (exact) mass is 632 g/mol. The van der Waals surface area contributed by atoms with Crippen molar-refractivity contribution >= 4 is 54.6 Å². The third-order valence-electron chi connectivity index (χ3n) is 6.58. The zero-order valence-corrected chi connectivity index (χ0v) is 26.0. The summed E-state index contributed by atoms with van der Waals surface area (Å²) in [5.74, 6) is 0. The van der Waals surface area contributed by atoms with Gasteiger partial charge in [-0.05, 0) is 44.7 Å². The van der Waals surface area contributed by atoms with Crippen LogP contribution in [0.5, 0.6) is 0 Å². The Kier molecular flexibility index (Phi) is 17.8. The third kappa shape index (κ3) is 11.9. The predicted molar refractivity (Wildman–Crippen MR) is 157 cm³/mol. The number of unbranched alkanes of at least 4 members (excludes halogenated alkanes) is 14. The number of nitrogens with zero attached hydrogens (tertiary/aromatic N) is 2. The van der Waals surface area contributed by atoms with Crippen LogP contribution in [0.15, 0.2) is 8.95 Å². The maximum absolute atomic E-state index is 6.12. The summed E-state index contributed by atoms with van der Waals surface area (Å²) in [6.07, 6.45) is 21.0. The molecule has 1 aromatic carbocycles. The van der Waals surface area contributed by atoms with Gasteiger partial charge in [0, 0.05) is 24.3 Å². The average molecular weight is 635 g/mol. The average Bonchev–Trinajstić information content (AvgIpc) is 3.36. The van der Waals surface area contributed by atoms with E-state index in [4.69, 9.17) is 9.47 Å². The van der Waals surface area contributed by atoms with Gasteiger partial charge >= 0.3 is 0 Å². The Bertz CT molecular complexity index is 752. The number of aromatic nitrogens is 2. The molecule has 0 saturated carbocycles. The highest BCUT2D eigenvalue weighted by Gasteiger charge is 2.20. The Balaban J connectivity index is 1.76. The van der Waals surface area contributed by atoms with E-state index in [1.54, 1.807) is 0 Å². The molecule has 2 aromatic rings. The Hall–Kier alpha value is -0.0800. The first-order valence-corrected chi connectivity index (χ1v) is 16.3. The fourth-order valence-corrected chi connectivity index (χ4v) is 6.41. The zero-order chi connectivity index (χ0) is 25.1. The summed E-state index contributed by atoms with van der Waals surface area (Å²) in [7, 11) is 0. The van der Waals surface area contributed by atoms with E-state index in [0.29, 0.717) is 13.2 Å². The first kappa shape index (κ1) is 31.1. The van der Waals surface area contributed by atoms with E-state index in [2.05, 4.69) is 54.5 Å². The smallest absolute Gasteiger partial charge is 0.120 e. The number of halogens is 2. The van der Waals surface area contributed by atoms with E-state index < -0.39 is 0 Å². The predicted octanol–water partition coefficient (Wildman–Crippen LogP) is 10.5. The Labute approximate surface area is 234 Å². The van der Waals surface area contributed by atoms with Crippen molar-refractivity contribution in [2.24, 2.45) is 0 Å². The van der Waals surface area contributed by atoms with Crippen molar-refractivity contribution in [3.63, 3.8) is 0 Å². The molecule has 0 radical (unpaired) electrons. The molecule has 0 aliphatic rings. The summed E-state index contributed by atoms with van der Waals surface area (Å²) in [5, 5.41) is 0. The van der Waals surface area contributed by atoms with E-state index in [9.17, 15) is 0 Å². The maximum atomic E-state index is 6.12. The van der Waals surface area contributed by atoms with Crippen molar-refractivity contribution in [1.82, 2.24) is 8.75 Å². The first-order chi connectivity index (χ1) is 17.2. The highest BCUT2D eigenvalue weighted by atomic mass is 79.9. The summed E-state index contributed by atoms with van der Waals surface area (Å²) in [4.78, 5) is 0. The van der Waals surface area contributed by atoms with E-state index >= 15 is 0 Å². The second-order valence-corrected chi connectivity index (χ2v) is 11.7. The fourth-order valence-electron chi connectivity index (χ4n) is 4.35. The molecule has 0 aliphatic heterocycles. The van der Waals surface area contributed by atoms with E-state index in [0.717, 1.165) is 57.2 Å². The number of hydrogen-bond acceptors (Lipinski definition) is 5. The van der Waals surface area contributed by atoms with Crippen LogP contribution in [0, 0.1) is 0 Å². The van der Waals surface area contributed by atoms with Crippen molar-refractivity contribution in [3.8, 4) is 0 Å². The fraction of sp³-hybridized carbons (Fsp3) is 0.786. The second kappa shape index (κ2) is 20.0. The molecule has 0 saturated heterocycles. The zero-order valence-electron chi connectivity index (χ0n) is 22.0. The van der Waals surface area contributed by atoms with Crippen LogP contribution >= 0.6 is 43.6 Å². The van der Waals surface area contributed by atoms with Crippen molar-refractivity contribution < 1.29 is 9.47 Å². The van der Waals surface area contributed by atoms with Gasteiger partial charge in [-0.3, -0.25) is 0 Å². The number of ether oxygens (including phenoxy) is 2. The summed E-state index contributed by atoms with van der Waals surface area (Å²) in [5.41, 5.74) is 4.07. The molecule has 0 amide bonds. The maximum Gasteiger partial charge on any atom is 0.120 e. The van der Waals surface area contributed by atoms with Gasteiger partial charge in [-0.25, -0.2) is 0 Å². The molecular weight excluding hydrogens is 588 g/mol. The lowest BCUT2D eigenvalue weighted by Crippen LogP contribution is -2.05. The standard InChI is InChI=1S/C28H46Br2N2O2S/c1-3-5-7-9-11-13-15-17-19-33-21-23-24(26(30)28-27(25(23)29)31-35-32-28)22-34-20-18-16-14-12-10-8-6-4-2/h3-22H2,1-2H3. The van der Waals surface area contributed by atoms with Crippen LogP contribution in [0.2, 0.25) is 0 Å². The molecule has 0 spiro atoms.